The van der Waals surface area contributed by atoms with Crippen LogP contribution in [0.4, 0.5) is 5.82 Å². The lowest BCUT2D eigenvalue weighted by Crippen LogP contribution is -2.38. The molecule has 2 saturated heterocycles. The first-order valence-electron chi connectivity index (χ1n) is 15.2. The fourth-order valence-corrected chi connectivity index (χ4v) is 6.02. The number of likely N-dealkylation sites (tertiary alicyclic amines) is 1. The number of imidazole rings is 1. The van der Waals surface area contributed by atoms with E-state index in [0.29, 0.717) is 24.4 Å². The number of aliphatic hydroxyl groups excluding tert-OH is 3. The Kier molecular flexibility index (Phi) is 9.43. The molecule has 232 valence electrons. The molecule has 4 aromatic rings. The molecule has 0 bridgehead atoms. The van der Waals surface area contributed by atoms with Gasteiger partial charge in [-0.25, -0.2) is 15.0 Å². The third-order valence-electron chi connectivity index (χ3n) is 8.46. The molecule has 2 aliphatic heterocycles. The predicted molar refractivity (Wildman–Crippen MR) is 164 cm³/mol. The number of nitrogens with zero attached hydrogens (tertiary/aromatic N) is 5. The molecule has 6 rings (SSSR count). The quantitative estimate of drug-likeness (QED) is 0.172. The SMILES string of the molecule is O=C(NCCN1CCCCC1)c1nc(NCC(c2ccccc2)c2ccccc2)c2ncn([C@@H]3O[C@H](CO)[C@@H](O)[C@@H]3O)c2n1. The number of rotatable bonds is 11. The summed E-state index contributed by atoms with van der Waals surface area (Å²) in [5.74, 6) is -0.142. The van der Waals surface area contributed by atoms with Crippen LogP contribution in [-0.4, -0.2) is 103 Å². The van der Waals surface area contributed by atoms with Crippen LogP contribution < -0.4 is 10.6 Å². The molecule has 0 saturated carbocycles. The van der Waals surface area contributed by atoms with Gasteiger partial charge in [-0.05, 0) is 37.1 Å². The Balaban J connectivity index is 1.31. The molecule has 0 radical (unpaired) electrons. The van der Waals surface area contributed by atoms with Crippen LogP contribution in [-0.2, 0) is 4.74 Å². The summed E-state index contributed by atoms with van der Waals surface area (Å²) in [6, 6.07) is 20.3. The van der Waals surface area contributed by atoms with E-state index in [4.69, 9.17) is 4.74 Å². The molecule has 0 unspecified atom stereocenters. The van der Waals surface area contributed by atoms with Crippen molar-refractivity contribution in [1.82, 2.24) is 29.7 Å². The molecule has 2 fully saturated rings. The van der Waals surface area contributed by atoms with Crippen LogP contribution in [0, 0.1) is 0 Å². The zero-order valence-electron chi connectivity index (χ0n) is 24.5. The molecular weight excluding hydrogens is 562 g/mol. The second kappa shape index (κ2) is 13.8. The van der Waals surface area contributed by atoms with Gasteiger partial charge < -0.3 is 35.6 Å². The number of aliphatic hydroxyl groups is 3. The van der Waals surface area contributed by atoms with Crippen LogP contribution >= 0.6 is 0 Å². The number of hydrogen-bond acceptors (Lipinski definition) is 10. The Hall–Kier alpha value is -3.94. The lowest BCUT2D eigenvalue weighted by atomic mass is 9.91. The van der Waals surface area contributed by atoms with Crippen molar-refractivity contribution in [2.75, 3.05) is 44.6 Å². The maximum atomic E-state index is 13.4. The molecule has 2 aromatic heterocycles. The molecular formula is C32H39N7O5. The van der Waals surface area contributed by atoms with Gasteiger partial charge in [-0.3, -0.25) is 9.36 Å². The fourth-order valence-electron chi connectivity index (χ4n) is 6.02. The number of hydrogen-bond donors (Lipinski definition) is 5. The number of carbonyl (C=O) groups excluding carboxylic acids is 1. The first-order valence-corrected chi connectivity index (χ1v) is 15.2. The Bertz CT molecular complexity index is 1490. The summed E-state index contributed by atoms with van der Waals surface area (Å²) in [7, 11) is 0. The van der Waals surface area contributed by atoms with Crippen LogP contribution in [0.25, 0.3) is 11.2 Å². The van der Waals surface area contributed by atoms with Gasteiger partial charge in [0.1, 0.15) is 18.3 Å². The zero-order valence-corrected chi connectivity index (χ0v) is 24.5. The summed E-state index contributed by atoms with van der Waals surface area (Å²) in [6.45, 7) is 3.25. The van der Waals surface area contributed by atoms with Crippen LogP contribution in [0.15, 0.2) is 67.0 Å². The van der Waals surface area contributed by atoms with Gasteiger partial charge in [0.2, 0.25) is 5.82 Å². The van der Waals surface area contributed by atoms with Gasteiger partial charge in [0.05, 0.1) is 12.9 Å². The number of fused-ring (bicyclic) bond motifs is 1. The highest BCUT2D eigenvalue weighted by molar-refractivity contribution is 5.94. The highest BCUT2D eigenvalue weighted by Gasteiger charge is 2.44. The van der Waals surface area contributed by atoms with Crippen molar-refractivity contribution in [2.45, 2.75) is 49.7 Å². The molecule has 1 amide bonds. The van der Waals surface area contributed by atoms with E-state index < -0.39 is 37.1 Å². The Morgan fingerprint density at radius 3 is 2.27 bits per heavy atom. The maximum Gasteiger partial charge on any atom is 0.289 e. The smallest absolute Gasteiger partial charge is 0.289 e. The molecule has 5 N–H and O–H groups in total. The number of amides is 1. The molecule has 0 aliphatic carbocycles. The van der Waals surface area contributed by atoms with E-state index in [-0.39, 0.29) is 17.4 Å². The van der Waals surface area contributed by atoms with E-state index in [2.05, 4.69) is 54.8 Å². The molecule has 2 aromatic carbocycles. The lowest BCUT2D eigenvalue weighted by Gasteiger charge is -2.26. The van der Waals surface area contributed by atoms with Crippen LogP contribution in [0.1, 0.15) is 53.2 Å². The number of carbonyl (C=O) groups is 1. The van der Waals surface area contributed by atoms with Crippen LogP contribution in [0.2, 0.25) is 0 Å². The van der Waals surface area contributed by atoms with Gasteiger partial charge >= 0.3 is 0 Å². The highest BCUT2D eigenvalue weighted by Crippen LogP contribution is 2.33. The third kappa shape index (κ3) is 6.44. The molecule has 4 atom stereocenters. The minimum absolute atomic E-state index is 0.0215. The average molecular weight is 602 g/mol. The molecule has 12 heteroatoms. The maximum absolute atomic E-state index is 13.4. The summed E-state index contributed by atoms with van der Waals surface area (Å²) in [5.41, 5.74) is 2.87. The summed E-state index contributed by atoms with van der Waals surface area (Å²) in [4.78, 5) is 29.4. The fraction of sp³-hybridized carbons (Fsp3) is 0.438. The van der Waals surface area contributed by atoms with Crippen molar-refractivity contribution < 1.29 is 24.9 Å². The normalized spacial score (nSPS) is 22.5. The average Bonchev–Trinajstić information content (AvgIpc) is 3.62. The van der Waals surface area contributed by atoms with Crippen molar-refractivity contribution in [2.24, 2.45) is 0 Å². The number of aromatic nitrogens is 4. The van der Waals surface area contributed by atoms with Gasteiger partial charge in [0, 0.05) is 25.6 Å². The zero-order chi connectivity index (χ0) is 30.5. The van der Waals surface area contributed by atoms with Crippen molar-refractivity contribution in [3.8, 4) is 0 Å². The van der Waals surface area contributed by atoms with Crippen LogP contribution in [0.3, 0.4) is 0 Å². The Morgan fingerprint density at radius 1 is 0.955 bits per heavy atom. The van der Waals surface area contributed by atoms with E-state index in [1.54, 1.807) is 0 Å². The summed E-state index contributed by atoms with van der Waals surface area (Å²) in [6.07, 6.45) is 0.352. The lowest BCUT2D eigenvalue weighted by molar-refractivity contribution is -0.0511. The van der Waals surface area contributed by atoms with Gasteiger partial charge in [0.15, 0.2) is 23.2 Å². The number of nitrogens with one attached hydrogen (secondary N) is 2. The van der Waals surface area contributed by atoms with E-state index in [9.17, 15) is 20.1 Å². The standard InChI is InChI=1S/C32H39N7O5/c40-19-24-26(41)27(42)32(44-24)39-20-35-25-28(34-18-23(21-10-4-1-5-11-21)22-12-6-2-7-13-22)36-29(37-30(25)39)31(43)33-14-17-38-15-8-3-9-16-38/h1-2,4-7,10-13,20,23-24,26-27,32,40-42H,3,8-9,14-19H2,(H,33,43)(H,34,36,37)/t24-,26-,27+,32-/m1/s1. The monoisotopic (exact) mass is 601 g/mol. The molecule has 2 aliphatic rings. The summed E-state index contributed by atoms with van der Waals surface area (Å²) < 4.78 is 7.23. The van der Waals surface area contributed by atoms with Gasteiger partial charge in [-0.15, -0.1) is 0 Å². The number of anilines is 1. The predicted octanol–water partition coefficient (Wildman–Crippen LogP) is 1.90. The molecule has 0 spiro atoms. The second-order valence-electron chi connectivity index (χ2n) is 11.4. The summed E-state index contributed by atoms with van der Waals surface area (Å²) in [5, 5.41) is 37.1. The number of piperidine rings is 1. The first-order chi connectivity index (χ1) is 21.5. The van der Waals surface area contributed by atoms with Gasteiger partial charge in [-0.1, -0.05) is 67.1 Å². The highest BCUT2D eigenvalue weighted by atomic mass is 16.6. The largest absolute Gasteiger partial charge is 0.394 e. The molecule has 44 heavy (non-hydrogen) atoms. The van der Waals surface area contributed by atoms with E-state index in [1.165, 1.54) is 30.2 Å². The Morgan fingerprint density at radius 2 is 1.64 bits per heavy atom. The van der Waals surface area contributed by atoms with Crippen molar-refractivity contribution in [1.29, 1.82) is 0 Å². The minimum atomic E-state index is -1.33. The van der Waals surface area contributed by atoms with E-state index >= 15 is 0 Å². The van der Waals surface area contributed by atoms with Crippen molar-refractivity contribution >= 4 is 22.9 Å². The summed E-state index contributed by atoms with van der Waals surface area (Å²) >= 11 is 0. The van der Waals surface area contributed by atoms with Crippen molar-refractivity contribution in [3.05, 3.63) is 83.9 Å². The topological polar surface area (TPSA) is 158 Å². The van der Waals surface area contributed by atoms with E-state index in [1.807, 2.05) is 36.4 Å². The van der Waals surface area contributed by atoms with Crippen LogP contribution in [0.5, 0.6) is 0 Å². The second-order valence-corrected chi connectivity index (χ2v) is 11.4. The van der Waals surface area contributed by atoms with Gasteiger partial charge in [-0.2, -0.15) is 0 Å². The van der Waals surface area contributed by atoms with Crippen molar-refractivity contribution in [3.63, 3.8) is 0 Å². The number of benzene rings is 2. The Labute approximate surface area is 255 Å². The third-order valence-corrected chi connectivity index (χ3v) is 8.46. The van der Waals surface area contributed by atoms with E-state index in [0.717, 1.165) is 30.8 Å². The molecule has 4 heterocycles. The first kappa shape index (κ1) is 30.1. The molecule has 12 nitrogen and oxygen atoms in total. The van der Waals surface area contributed by atoms with Gasteiger partial charge in [0.25, 0.3) is 5.91 Å². The number of ether oxygens (including phenoxy) is 1. The minimum Gasteiger partial charge on any atom is -0.394 e.